The fourth-order valence-electron chi connectivity index (χ4n) is 3.75. The van der Waals surface area contributed by atoms with Gasteiger partial charge in [0.1, 0.15) is 5.75 Å². The third kappa shape index (κ3) is 5.06. The Morgan fingerprint density at radius 2 is 2.04 bits per heavy atom. The predicted molar refractivity (Wildman–Crippen MR) is 115 cm³/mol. The molecule has 0 bridgehead atoms. The second-order valence-electron chi connectivity index (χ2n) is 7.65. The van der Waals surface area contributed by atoms with Crippen molar-refractivity contribution in [3.63, 3.8) is 0 Å². The van der Waals surface area contributed by atoms with Gasteiger partial charge in [0.05, 0.1) is 0 Å². The number of carbonyl (C=O) groups is 1. The number of anilines is 1. The molecule has 0 radical (unpaired) electrons. The van der Waals surface area contributed by atoms with Crippen molar-refractivity contribution in [3.05, 3.63) is 59.2 Å². The van der Waals surface area contributed by atoms with E-state index in [-0.39, 0.29) is 5.91 Å². The van der Waals surface area contributed by atoms with Crippen molar-refractivity contribution in [1.29, 1.82) is 0 Å². The van der Waals surface area contributed by atoms with Crippen LogP contribution in [0.15, 0.2) is 42.5 Å². The van der Waals surface area contributed by atoms with Crippen LogP contribution in [-0.2, 0) is 11.2 Å². The summed E-state index contributed by atoms with van der Waals surface area (Å²) in [6.45, 7) is 8.76. The van der Waals surface area contributed by atoms with Crippen molar-refractivity contribution in [2.75, 3.05) is 24.5 Å². The molecule has 2 aromatic rings. The summed E-state index contributed by atoms with van der Waals surface area (Å²) < 4.78 is 6.01. The first-order valence-electron chi connectivity index (χ1n) is 10.4. The molecule has 1 aliphatic heterocycles. The van der Waals surface area contributed by atoms with Gasteiger partial charge in [-0.05, 0) is 68.4 Å². The van der Waals surface area contributed by atoms with Gasteiger partial charge in [0, 0.05) is 25.3 Å². The molecule has 2 aromatic carbocycles. The zero-order valence-corrected chi connectivity index (χ0v) is 17.3. The maximum atomic E-state index is 12.6. The van der Waals surface area contributed by atoms with Crippen molar-refractivity contribution in [1.82, 2.24) is 5.32 Å². The van der Waals surface area contributed by atoms with Gasteiger partial charge in [-0.25, -0.2) is 0 Å². The topological polar surface area (TPSA) is 41.6 Å². The molecule has 3 rings (SSSR count). The van der Waals surface area contributed by atoms with Crippen LogP contribution in [0, 0.1) is 13.8 Å². The van der Waals surface area contributed by atoms with Crippen LogP contribution in [0.2, 0.25) is 0 Å². The summed E-state index contributed by atoms with van der Waals surface area (Å²) in [4.78, 5) is 15.0. The van der Waals surface area contributed by atoms with Gasteiger partial charge >= 0.3 is 0 Å². The average molecular weight is 381 g/mol. The Morgan fingerprint density at radius 1 is 1.21 bits per heavy atom. The molecule has 1 amide bonds. The van der Waals surface area contributed by atoms with E-state index in [1.165, 1.54) is 17.7 Å². The molecule has 1 heterocycles. The minimum atomic E-state index is -0.448. The lowest BCUT2D eigenvalue weighted by molar-refractivity contribution is -0.128. The number of aryl methyl sites for hydroxylation is 3. The van der Waals surface area contributed by atoms with Crippen LogP contribution in [0.3, 0.4) is 0 Å². The molecule has 0 aliphatic carbocycles. The normalized spacial score (nSPS) is 14.3. The highest BCUT2D eigenvalue weighted by atomic mass is 16.5. The van der Waals surface area contributed by atoms with Crippen molar-refractivity contribution in [2.24, 2.45) is 0 Å². The van der Waals surface area contributed by atoms with Gasteiger partial charge in [-0.2, -0.15) is 0 Å². The maximum absolute atomic E-state index is 12.6. The van der Waals surface area contributed by atoms with Crippen molar-refractivity contribution < 1.29 is 9.53 Å². The van der Waals surface area contributed by atoms with Crippen molar-refractivity contribution in [3.8, 4) is 5.75 Å². The molecule has 0 saturated heterocycles. The highest BCUT2D eigenvalue weighted by Crippen LogP contribution is 2.26. The lowest BCUT2D eigenvalue weighted by Gasteiger charge is -2.31. The number of ether oxygens (including phenoxy) is 1. The fourth-order valence-corrected chi connectivity index (χ4v) is 3.75. The van der Waals surface area contributed by atoms with Gasteiger partial charge in [0.2, 0.25) is 0 Å². The van der Waals surface area contributed by atoms with Crippen molar-refractivity contribution >= 4 is 11.6 Å². The number of rotatable bonds is 8. The third-order valence-corrected chi connectivity index (χ3v) is 5.39. The Bertz CT molecular complexity index is 803. The van der Waals surface area contributed by atoms with E-state index in [1.807, 2.05) is 32.9 Å². The number of benzene rings is 2. The number of nitrogens with zero attached hydrogens (tertiary/aromatic N) is 1. The van der Waals surface area contributed by atoms with Crippen LogP contribution in [0.5, 0.6) is 5.75 Å². The van der Waals surface area contributed by atoms with E-state index in [0.29, 0.717) is 13.0 Å². The summed E-state index contributed by atoms with van der Waals surface area (Å²) >= 11 is 0. The average Bonchev–Trinajstić information content (AvgIpc) is 2.71. The van der Waals surface area contributed by atoms with E-state index in [1.54, 1.807) is 0 Å². The van der Waals surface area contributed by atoms with E-state index in [9.17, 15) is 4.79 Å². The maximum Gasteiger partial charge on any atom is 0.261 e. The van der Waals surface area contributed by atoms with Crippen LogP contribution in [0.1, 0.15) is 42.9 Å². The van der Waals surface area contributed by atoms with Crippen LogP contribution in [-0.4, -0.2) is 31.6 Å². The largest absolute Gasteiger partial charge is 0.480 e. The van der Waals surface area contributed by atoms with Gasteiger partial charge < -0.3 is 15.0 Å². The highest BCUT2D eigenvalue weighted by Gasteiger charge is 2.19. The minimum Gasteiger partial charge on any atom is -0.480 e. The Balaban J connectivity index is 1.48. The summed E-state index contributed by atoms with van der Waals surface area (Å²) in [7, 11) is 0. The van der Waals surface area contributed by atoms with E-state index in [0.717, 1.165) is 42.8 Å². The summed E-state index contributed by atoms with van der Waals surface area (Å²) in [6, 6.07) is 14.7. The summed E-state index contributed by atoms with van der Waals surface area (Å²) in [5.41, 5.74) is 4.98. The second-order valence-corrected chi connectivity index (χ2v) is 7.65. The minimum absolute atomic E-state index is 0.0255. The van der Waals surface area contributed by atoms with Crippen LogP contribution >= 0.6 is 0 Å². The number of hydrogen-bond donors (Lipinski definition) is 1. The zero-order valence-electron chi connectivity index (χ0n) is 17.3. The van der Waals surface area contributed by atoms with E-state index in [4.69, 9.17) is 4.74 Å². The molecule has 4 heteroatoms. The molecular weight excluding hydrogens is 348 g/mol. The van der Waals surface area contributed by atoms with Crippen LogP contribution < -0.4 is 15.0 Å². The van der Waals surface area contributed by atoms with Gasteiger partial charge in [0.25, 0.3) is 5.91 Å². The number of fused-ring (bicyclic) bond motifs is 1. The molecule has 28 heavy (non-hydrogen) atoms. The quantitative estimate of drug-likeness (QED) is 0.689. The first kappa shape index (κ1) is 20.2. The number of nitrogens with one attached hydrogen (secondary N) is 1. The number of para-hydroxylation sites is 1. The van der Waals surface area contributed by atoms with Crippen LogP contribution in [0.25, 0.3) is 0 Å². The Kier molecular flexibility index (Phi) is 6.96. The number of carbonyl (C=O) groups excluding carboxylic acids is 1. The molecule has 1 aliphatic rings. The van der Waals surface area contributed by atoms with E-state index in [2.05, 4.69) is 40.5 Å². The summed E-state index contributed by atoms with van der Waals surface area (Å²) in [5.74, 6) is 0.773. The molecule has 1 N–H and O–H groups in total. The Morgan fingerprint density at radius 3 is 2.86 bits per heavy atom. The number of amides is 1. The third-order valence-electron chi connectivity index (χ3n) is 5.39. The lowest BCUT2D eigenvalue weighted by atomic mass is 10.0. The standard InChI is InChI=1S/C24H32N2O2/c1-4-22(28-23-17-18(2)12-13-19(23)3)24(27)25-14-8-16-26-15-7-10-20-9-5-6-11-21(20)26/h5-6,9,11-13,17,22H,4,7-8,10,14-16H2,1-3H3,(H,25,27). The predicted octanol–water partition coefficient (Wildman–Crippen LogP) is 4.42. The highest BCUT2D eigenvalue weighted by molar-refractivity contribution is 5.81. The Labute approximate surface area is 168 Å². The molecule has 0 spiro atoms. The van der Waals surface area contributed by atoms with E-state index < -0.39 is 6.10 Å². The molecule has 1 unspecified atom stereocenters. The monoisotopic (exact) mass is 380 g/mol. The molecule has 0 aromatic heterocycles. The van der Waals surface area contributed by atoms with Crippen LogP contribution in [0.4, 0.5) is 5.69 Å². The van der Waals surface area contributed by atoms with E-state index >= 15 is 0 Å². The summed E-state index contributed by atoms with van der Waals surface area (Å²) in [5, 5.41) is 3.06. The summed E-state index contributed by atoms with van der Waals surface area (Å²) in [6.07, 6.45) is 3.50. The smallest absolute Gasteiger partial charge is 0.261 e. The van der Waals surface area contributed by atoms with Gasteiger partial charge in [-0.1, -0.05) is 37.3 Å². The Hall–Kier alpha value is -2.49. The first-order valence-corrected chi connectivity index (χ1v) is 10.4. The molecule has 4 nitrogen and oxygen atoms in total. The van der Waals surface area contributed by atoms with Crippen molar-refractivity contribution in [2.45, 2.75) is 52.6 Å². The molecule has 0 fully saturated rings. The molecule has 150 valence electrons. The van der Waals surface area contributed by atoms with Gasteiger partial charge in [-0.3, -0.25) is 4.79 Å². The number of hydrogen-bond acceptors (Lipinski definition) is 3. The molecular formula is C24H32N2O2. The van der Waals surface area contributed by atoms with Gasteiger partial charge in [-0.15, -0.1) is 0 Å². The molecule has 0 saturated carbocycles. The molecule has 1 atom stereocenters. The zero-order chi connectivity index (χ0) is 19.9. The second kappa shape index (κ2) is 9.63. The lowest BCUT2D eigenvalue weighted by Crippen LogP contribution is -2.39. The van der Waals surface area contributed by atoms with Gasteiger partial charge in [0.15, 0.2) is 6.10 Å². The fraction of sp³-hybridized carbons (Fsp3) is 0.458. The first-order chi connectivity index (χ1) is 13.6. The SMILES string of the molecule is CCC(Oc1cc(C)ccc1C)C(=O)NCCCN1CCCc2ccccc21.